The van der Waals surface area contributed by atoms with Gasteiger partial charge in [-0.25, -0.2) is 0 Å². The number of thioether (sulfide) groups is 1. The first-order chi connectivity index (χ1) is 10.5. The molecule has 0 bridgehead atoms. The van der Waals surface area contributed by atoms with Gasteiger partial charge in [-0.15, -0.1) is 11.8 Å². The van der Waals surface area contributed by atoms with Crippen molar-refractivity contribution in [2.24, 2.45) is 0 Å². The lowest BCUT2D eigenvalue weighted by atomic mass is 10.2. The summed E-state index contributed by atoms with van der Waals surface area (Å²) < 4.78 is 5.29. The van der Waals surface area contributed by atoms with E-state index in [1.54, 1.807) is 18.9 Å². The Balaban J connectivity index is 2.05. The van der Waals surface area contributed by atoms with Crippen molar-refractivity contribution in [3.8, 4) is 5.75 Å². The van der Waals surface area contributed by atoms with Crippen LogP contribution in [-0.2, 0) is 4.79 Å². The first-order valence-corrected chi connectivity index (χ1v) is 8.06. The molecule has 0 aliphatic rings. The van der Waals surface area contributed by atoms with E-state index in [1.165, 1.54) is 5.56 Å². The van der Waals surface area contributed by atoms with Crippen LogP contribution >= 0.6 is 11.8 Å². The number of aryl methyl sites for hydroxylation is 2. The van der Waals surface area contributed by atoms with Crippen LogP contribution in [0.4, 0.5) is 5.69 Å². The van der Waals surface area contributed by atoms with E-state index in [9.17, 15) is 4.79 Å². The average Bonchev–Trinajstić information content (AvgIpc) is 2.49. The Kier molecular flexibility index (Phi) is 5.50. The molecule has 0 unspecified atom stereocenters. The predicted molar refractivity (Wildman–Crippen MR) is 92.9 cm³/mol. The first-order valence-electron chi connectivity index (χ1n) is 7.18. The number of carbonyl (C=O) groups excluding carboxylic acids is 1. The largest absolute Gasteiger partial charge is 0.495 e. The first kappa shape index (κ1) is 16.4. The second-order valence-corrected chi connectivity index (χ2v) is 6.68. The van der Waals surface area contributed by atoms with Crippen LogP contribution in [0.2, 0.25) is 0 Å². The lowest BCUT2D eigenvalue weighted by Gasteiger charge is -2.15. The third-order valence-corrected chi connectivity index (χ3v) is 4.43. The number of amides is 1. The number of hydrogen-bond donors (Lipinski definition) is 1. The van der Waals surface area contributed by atoms with Gasteiger partial charge in [-0.1, -0.05) is 23.8 Å². The van der Waals surface area contributed by atoms with Crippen LogP contribution in [0.15, 0.2) is 47.4 Å². The van der Waals surface area contributed by atoms with Crippen LogP contribution in [0.5, 0.6) is 5.75 Å². The molecular weight excluding hydrogens is 294 g/mol. The fraction of sp³-hybridized carbons (Fsp3) is 0.278. The third-order valence-electron chi connectivity index (χ3n) is 3.32. The van der Waals surface area contributed by atoms with Gasteiger partial charge in [-0.3, -0.25) is 4.79 Å². The van der Waals surface area contributed by atoms with Crippen LogP contribution in [0.1, 0.15) is 18.1 Å². The minimum absolute atomic E-state index is 0.0329. The number of anilines is 1. The van der Waals surface area contributed by atoms with Crippen molar-refractivity contribution >= 4 is 23.4 Å². The molecule has 3 nitrogen and oxygen atoms in total. The molecule has 4 heteroatoms. The number of ether oxygens (including phenoxy) is 1. The highest BCUT2D eigenvalue weighted by Gasteiger charge is 2.16. The molecule has 0 aromatic heterocycles. The molecule has 2 rings (SSSR count). The van der Waals surface area contributed by atoms with Crippen molar-refractivity contribution in [3.63, 3.8) is 0 Å². The van der Waals surface area contributed by atoms with Gasteiger partial charge in [0.15, 0.2) is 0 Å². The summed E-state index contributed by atoms with van der Waals surface area (Å²) in [5.41, 5.74) is 3.00. The standard InChI is InChI=1S/C18H21NO2S/c1-12-5-8-15(9-6-12)22-14(3)18(20)19-16-11-13(2)7-10-17(16)21-4/h5-11,14H,1-4H3,(H,19,20)/t14-/m0/s1. The lowest BCUT2D eigenvalue weighted by Crippen LogP contribution is -2.22. The Labute approximate surface area is 136 Å². The van der Waals surface area contributed by atoms with Crippen LogP contribution in [-0.4, -0.2) is 18.3 Å². The second kappa shape index (κ2) is 7.36. The monoisotopic (exact) mass is 315 g/mol. The average molecular weight is 315 g/mol. The maximum atomic E-state index is 12.4. The van der Waals surface area contributed by atoms with Crippen molar-refractivity contribution in [3.05, 3.63) is 53.6 Å². The summed E-state index contributed by atoms with van der Waals surface area (Å²) in [5.74, 6) is 0.640. The Morgan fingerprint density at radius 2 is 1.73 bits per heavy atom. The molecule has 0 aliphatic heterocycles. The maximum Gasteiger partial charge on any atom is 0.237 e. The molecule has 1 atom stereocenters. The summed E-state index contributed by atoms with van der Waals surface area (Å²) >= 11 is 1.54. The maximum absolute atomic E-state index is 12.4. The van der Waals surface area contributed by atoms with E-state index in [-0.39, 0.29) is 11.2 Å². The van der Waals surface area contributed by atoms with Gasteiger partial charge < -0.3 is 10.1 Å². The van der Waals surface area contributed by atoms with Crippen LogP contribution in [0.25, 0.3) is 0 Å². The Hall–Kier alpha value is -1.94. The van der Waals surface area contributed by atoms with Gasteiger partial charge >= 0.3 is 0 Å². The zero-order valence-corrected chi connectivity index (χ0v) is 14.2. The zero-order chi connectivity index (χ0) is 16.1. The van der Waals surface area contributed by atoms with E-state index >= 15 is 0 Å². The summed E-state index contributed by atoms with van der Waals surface area (Å²) in [7, 11) is 1.60. The molecule has 0 spiro atoms. The molecule has 116 valence electrons. The minimum atomic E-state index is -0.187. The summed E-state index contributed by atoms with van der Waals surface area (Å²) in [6.45, 7) is 5.94. The smallest absolute Gasteiger partial charge is 0.237 e. The van der Waals surface area contributed by atoms with Crippen molar-refractivity contribution in [2.75, 3.05) is 12.4 Å². The molecule has 0 saturated carbocycles. The molecule has 0 fully saturated rings. The predicted octanol–water partition coefficient (Wildman–Crippen LogP) is 4.43. The van der Waals surface area contributed by atoms with Crippen molar-refractivity contribution < 1.29 is 9.53 Å². The lowest BCUT2D eigenvalue weighted by molar-refractivity contribution is -0.115. The van der Waals surface area contributed by atoms with Crippen molar-refractivity contribution in [1.29, 1.82) is 0 Å². The highest BCUT2D eigenvalue weighted by atomic mass is 32.2. The van der Waals surface area contributed by atoms with Gasteiger partial charge in [0.25, 0.3) is 0 Å². The van der Waals surface area contributed by atoms with Gasteiger partial charge in [0, 0.05) is 4.90 Å². The number of benzene rings is 2. The van der Waals surface area contributed by atoms with E-state index in [1.807, 2.05) is 44.2 Å². The highest BCUT2D eigenvalue weighted by molar-refractivity contribution is 8.00. The fourth-order valence-electron chi connectivity index (χ4n) is 2.03. The summed E-state index contributed by atoms with van der Waals surface area (Å²) in [6, 6.07) is 13.9. The number of methoxy groups -OCH3 is 1. The molecule has 0 saturated heterocycles. The normalized spacial score (nSPS) is 11.8. The second-order valence-electron chi connectivity index (χ2n) is 5.27. The molecule has 0 aliphatic carbocycles. The summed E-state index contributed by atoms with van der Waals surface area (Å²) in [5, 5.41) is 2.76. The Morgan fingerprint density at radius 1 is 1.09 bits per heavy atom. The van der Waals surface area contributed by atoms with Gasteiger partial charge in [-0.05, 0) is 50.6 Å². The van der Waals surface area contributed by atoms with E-state index in [2.05, 4.69) is 24.4 Å². The molecule has 2 aromatic rings. The van der Waals surface area contributed by atoms with E-state index in [4.69, 9.17) is 4.74 Å². The van der Waals surface area contributed by atoms with Crippen LogP contribution in [0.3, 0.4) is 0 Å². The Morgan fingerprint density at radius 3 is 2.36 bits per heavy atom. The van der Waals surface area contributed by atoms with Crippen molar-refractivity contribution in [2.45, 2.75) is 30.9 Å². The number of nitrogens with one attached hydrogen (secondary N) is 1. The van der Waals surface area contributed by atoms with Gasteiger partial charge in [0.05, 0.1) is 18.0 Å². The number of carbonyl (C=O) groups is 1. The molecule has 2 aromatic carbocycles. The molecule has 22 heavy (non-hydrogen) atoms. The van der Waals surface area contributed by atoms with E-state index < -0.39 is 0 Å². The van der Waals surface area contributed by atoms with Gasteiger partial charge in [-0.2, -0.15) is 0 Å². The quantitative estimate of drug-likeness (QED) is 0.829. The van der Waals surface area contributed by atoms with E-state index in [0.29, 0.717) is 11.4 Å². The van der Waals surface area contributed by atoms with E-state index in [0.717, 1.165) is 10.5 Å². The summed E-state index contributed by atoms with van der Waals surface area (Å²) in [6.07, 6.45) is 0. The molecular formula is C18H21NO2S. The van der Waals surface area contributed by atoms with Gasteiger partial charge in [0.1, 0.15) is 5.75 Å². The third kappa shape index (κ3) is 4.28. The minimum Gasteiger partial charge on any atom is -0.495 e. The highest BCUT2D eigenvalue weighted by Crippen LogP contribution is 2.28. The SMILES string of the molecule is COc1ccc(C)cc1NC(=O)[C@H](C)Sc1ccc(C)cc1. The topological polar surface area (TPSA) is 38.3 Å². The Bertz CT molecular complexity index is 653. The van der Waals surface area contributed by atoms with Gasteiger partial charge in [0.2, 0.25) is 5.91 Å². The number of hydrogen-bond acceptors (Lipinski definition) is 3. The number of rotatable bonds is 5. The van der Waals surface area contributed by atoms with Crippen LogP contribution in [0, 0.1) is 13.8 Å². The fourth-order valence-corrected chi connectivity index (χ4v) is 2.90. The molecule has 1 N–H and O–H groups in total. The molecule has 0 heterocycles. The van der Waals surface area contributed by atoms with Crippen molar-refractivity contribution in [1.82, 2.24) is 0 Å². The summed E-state index contributed by atoms with van der Waals surface area (Å²) in [4.78, 5) is 13.5. The molecule has 1 amide bonds. The molecule has 0 radical (unpaired) electrons. The zero-order valence-electron chi connectivity index (χ0n) is 13.3. The van der Waals surface area contributed by atoms with Crippen LogP contribution < -0.4 is 10.1 Å².